The Morgan fingerprint density at radius 1 is 1.18 bits per heavy atom. The van der Waals surface area contributed by atoms with Gasteiger partial charge in [0.15, 0.2) is 5.78 Å². The van der Waals surface area contributed by atoms with Gasteiger partial charge in [-0.05, 0) is 19.1 Å². The molecule has 0 spiro atoms. The quantitative estimate of drug-likeness (QED) is 0.482. The van der Waals surface area contributed by atoms with Crippen LogP contribution in [0.4, 0.5) is 0 Å². The van der Waals surface area contributed by atoms with Gasteiger partial charge in [0.2, 0.25) is 0 Å². The van der Waals surface area contributed by atoms with E-state index in [1.807, 2.05) is 0 Å². The Morgan fingerprint density at radius 2 is 1.71 bits per heavy atom. The van der Waals surface area contributed by atoms with Crippen LogP contribution >= 0.6 is 34.8 Å². The largest absolute Gasteiger partial charge is 0.466 e. The number of esters is 1. The van der Waals surface area contributed by atoms with Crippen molar-refractivity contribution in [3.8, 4) is 0 Å². The number of ketones is 1. The second kappa shape index (κ2) is 6.24. The van der Waals surface area contributed by atoms with Gasteiger partial charge in [0.25, 0.3) is 0 Å². The summed E-state index contributed by atoms with van der Waals surface area (Å²) in [5.74, 6) is -1.10. The van der Waals surface area contributed by atoms with Crippen LogP contribution in [0.2, 0.25) is 15.1 Å². The minimum Gasteiger partial charge on any atom is -0.466 e. The van der Waals surface area contributed by atoms with E-state index in [2.05, 4.69) is 4.74 Å². The van der Waals surface area contributed by atoms with Crippen molar-refractivity contribution in [2.45, 2.75) is 13.3 Å². The Balaban J connectivity index is 2.93. The summed E-state index contributed by atoms with van der Waals surface area (Å²) >= 11 is 17.4. The zero-order chi connectivity index (χ0) is 13.0. The summed E-state index contributed by atoms with van der Waals surface area (Å²) in [6, 6.07) is 2.79. The van der Waals surface area contributed by atoms with Crippen LogP contribution in [-0.4, -0.2) is 18.4 Å². The van der Waals surface area contributed by atoms with Gasteiger partial charge in [0, 0.05) is 5.02 Å². The summed E-state index contributed by atoms with van der Waals surface area (Å²) < 4.78 is 4.67. The predicted molar refractivity (Wildman–Crippen MR) is 67.1 cm³/mol. The van der Waals surface area contributed by atoms with E-state index >= 15 is 0 Å². The lowest BCUT2D eigenvalue weighted by Crippen LogP contribution is -2.12. The van der Waals surface area contributed by atoms with Gasteiger partial charge in [-0.2, -0.15) is 0 Å². The van der Waals surface area contributed by atoms with Crippen molar-refractivity contribution < 1.29 is 14.3 Å². The molecule has 0 atom stereocenters. The number of rotatable bonds is 4. The van der Waals surface area contributed by atoms with Gasteiger partial charge in [-0.3, -0.25) is 9.59 Å². The van der Waals surface area contributed by atoms with Gasteiger partial charge in [-0.1, -0.05) is 34.8 Å². The Bertz CT molecular complexity index is 434. The molecule has 0 heterocycles. The molecule has 0 aliphatic rings. The van der Waals surface area contributed by atoms with Crippen LogP contribution in [-0.2, 0) is 9.53 Å². The van der Waals surface area contributed by atoms with E-state index in [0.717, 1.165) is 0 Å². The highest BCUT2D eigenvalue weighted by molar-refractivity contribution is 6.42. The monoisotopic (exact) mass is 294 g/mol. The SMILES string of the molecule is CCOC(=O)CC(=O)c1c(Cl)cc(Cl)cc1Cl. The van der Waals surface area contributed by atoms with Crippen LogP contribution in [0.1, 0.15) is 23.7 Å². The first kappa shape index (κ1) is 14.3. The van der Waals surface area contributed by atoms with Crippen molar-refractivity contribution >= 4 is 46.6 Å². The maximum Gasteiger partial charge on any atom is 0.313 e. The molecular formula is C11H9Cl3O3. The van der Waals surface area contributed by atoms with E-state index in [-0.39, 0.29) is 22.2 Å². The first-order chi connectivity index (χ1) is 7.95. The molecule has 17 heavy (non-hydrogen) atoms. The number of hydrogen-bond donors (Lipinski definition) is 0. The van der Waals surface area contributed by atoms with Crippen molar-refractivity contribution in [2.24, 2.45) is 0 Å². The highest BCUT2D eigenvalue weighted by Crippen LogP contribution is 2.29. The third-order valence-corrected chi connectivity index (χ3v) is 2.71. The van der Waals surface area contributed by atoms with E-state index in [1.165, 1.54) is 12.1 Å². The smallest absolute Gasteiger partial charge is 0.313 e. The lowest BCUT2D eigenvalue weighted by atomic mass is 10.1. The molecule has 0 aliphatic carbocycles. The summed E-state index contributed by atoms with van der Waals surface area (Å²) in [5, 5.41) is 0.571. The first-order valence-corrected chi connectivity index (χ1v) is 5.92. The van der Waals surface area contributed by atoms with Crippen molar-refractivity contribution in [1.29, 1.82) is 0 Å². The fourth-order valence-electron chi connectivity index (χ4n) is 1.24. The molecule has 0 aromatic heterocycles. The van der Waals surface area contributed by atoms with Gasteiger partial charge in [-0.25, -0.2) is 0 Å². The molecule has 0 amide bonds. The van der Waals surface area contributed by atoms with Crippen LogP contribution < -0.4 is 0 Å². The lowest BCUT2D eigenvalue weighted by molar-refractivity contribution is -0.141. The Labute approximate surface area is 114 Å². The van der Waals surface area contributed by atoms with E-state index in [4.69, 9.17) is 34.8 Å². The number of benzene rings is 1. The summed E-state index contributed by atoms with van der Waals surface area (Å²) in [4.78, 5) is 22.9. The zero-order valence-electron chi connectivity index (χ0n) is 8.93. The van der Waals surface area contributed by atoms with Crippen LogP contribution in [0.3, 0.4) is 0 Å². The molecule has 92 valence electrons. The Kier molecular flexibility index (Phi) is 5.25. The molecular weight excluding hydrogens is 286 g/mol. The molecule has 0 aliphatic heterocycles. The molecule has 0 bridgehead atoms. The summed E-state index contributed by atoms with van der Waals surface area (Å²) in [7, 11) is 0. The number of carbonyl (C=O) groups excluding carboxylic acids is 2. The van der Waals surface area contributed by atoms with Crippen molar-refractivity contribution in [3.05, 3.63) is 32.8 Å². The normalized spacial score (nSPS) is 10.1. The maximum atomic E-state index is 11.8. The zero-order valence-corrected chi connectivity index (χ0v) is 11.2. The highest BCUT2D eigenvalue weighted by Gasteiger charge is 2.19. The second-order valence-corrected chi connectivity index (χ2v) is 4.40. The third kappa shape index (κ3) is 3.87. The van der Waals surface area contributed by atoms with Gasteiger partial charge in [-0.15, -0.1) is 0 Å². The average molecular weight is 296 g/mol. The summed E-state index contributed by atoms with van der Waals surface area (Å²) in [6.07, 6.45) is -0.394. The molecule has 1 aromatic carbocycles. The lowest BCUT2D eigenvalue weighted by Gasteiger charge is -2.06. The van der Waals surface area contributed by atoms with Gasteiger partial charge in [0.05, 0.1) is 22.2 Å². The summed E-state index contributed by atoms with van der Waals surface area (Å²) in [6.45, 7) is 1.87. The fourth-order valence-corrected chi connectivity index (χ4v) is 2.27. The first-order valence-electron chi connectivity index (χ1n) is 4.79. The molecule has 0 unspecified atom stereocenters. The highest BCUT2D eigenvalue weighted by atomic mass is 35.5. The molecule has 3 nitrogen and oxygen atoms in total. The van der Waals surface area contributed by atoms with E-state index in [1.54, 1.807) is 6.92 Å². The van der Waals surface area contributed by atoms with Gasteiger partial charge >= 0.3 is 5.97 Å². The Morgan fingerprint density at radius 3 is 2.18 bits per heavy atom. The van der Waals surface area contributed by atoms with Crippen LogP contribution in [0, 0.1) is 0 Å². The van der Waals surface area contributed by atoms with Crippen molar-refractivity contribution in [1.82, 2.24) is 0 Å². The van der Waals surface area contributed by atoms with Crippen LogP contribution in [0.5, 0.6) is 0 Å². The van der Waals surface area contributed by atoms with E-state index in [9.17, 15) is 9.59 Å². The standard InChI is InChI=1S/C11H9Cl3O3/c1-2-17-10(16)5-9(15)11-7(13)3-6(12)4-8(11)14/h3-4H,2,5H2,1H3. The predicted octanol–water partition coefficient (Wildman–Crippen LogP) is 3.78. The van der Waals surface area contributed by atoms with Crippen molar-refractivity contribution in [3.63, 3.8) is 0 Å². The molecule has 1 aromatic rings. The fraction of sp³-hybridized carbons (Fsp3) is 0.273. The number of hydrogen-bond acceptors (Lipinski definition) is 3. The molecule has 6 heteroatoms. The number of halogens is 3. The minimum absolute atomic E-state index is 0.0887. The minimum atomic E-state index is -0.611. The molecule has 1 rings (SSSR count). The van der Waals surface area contributed by atoms with E-state index in [0.29, 0.717) is 5.02 Å². The third-order valence-electron chi connectivity index (χ3n) is 1.90. The Hall–Kier alpha value is -0.770. The van der Waals surface area contributed by atoms with E-state index < -0.39 is 18.2 Å². The molecule has 0 fully saturated rings. The average Bonchev–Trinajstić information content (AvgIpc) is 2.15. The van der Waals surface area contributed by atoms with Crippen molar-refractivity contribution in [2.75, 3.05) is 6.61 Å². The maximum absolute atomic E-state index is 11.8. The summed E-state index contributed by atoms with van der Waals surface area (Å²) in [5.41, 5.74) is 0.0887. The number of ether oxygens (including phenoxy) is 1. The molecule has 0 saturated carbocycles. The van der Waals surface area contributed by atoms with Gasteiger partial charge in [0.1, 0.15) is 6.42 Å². The van der Waals surface area contributed by atoms with Gasteiger partial charge < -0.3 is 4.74 Å². The molecule has 0 saturated heterocycles. The number of carbonyl (C=O) groups is 2. The topological polar surface area (TPSA) is 43.4 Å². The second-order valence-electron chi connectivity index (χ2n) is 3.15. The number of Topliss-reactive ketones (excluding diaryl/α,β-unsaturated/α-hetero) is 1. The van der Waals surface area contributed by atoms with Crippen LogP contribution in [0.25, 0.3) is 0 Å². The molecule has 0 N–H and O–H groups in total. The van der Waals surface area contributed by atoms with Crippen LogP contribution in [0.15, 0.2) is 12.1 Å². The molecule has 0 radical (unpaired) electrons.